The zero-order chi connectivity index (χ0) is 28.1. The van der Waals surface area contributed by atoms with Crippen molar-refractivity contribution in [3.8, 4) is 0 Å². The lowest BCUT2D eigenvalue weighted by molar-refractivity contribution is -0.332. The van der Waals surface area contributed by atoms with Gasteiger partial charge in [0, 0.05) is 31.8 Å². The summed E-state index contributed by atoms with van der Waals surface area (Å²) in [5.41, 5.74) is -4.42. The second kappa shape index (κ2) is 9.83. The highest BCUT2D eigenvalue weighted by Crippen LogP contribution is 2.66. The maximum Gasteiger partial charge on any atom is 0.336 e. The van der Waals surface area contributed by atoms with E-state index in [1.54, 1.807) is 20.8 Å². The van der Waals surface area contributed by atoms with Crippen LogP contribution in [-0.4, -0.2) is 70.1 Å². The summed E-state index contributed by atoms with van der Waals surface area (Å²) in [6.07, 6.45) is -3.64. The lowest BCUT2D eigenvalue weighted by Gasteiger charge is -2.68. The number of cyclic esters (lactones) is 1. The lowest BCUT2D eigenvalue weighted by atomic mass is 9.40. The van der Waals surface area contributed by atoms with Gasteiger partial charge in [0.1, 0.15) is 17.5 Å². The molecule has 206 valence electrons. The molecule has 11 heteroatoms. The summed E-state index contributed by atoms with van der Waals surface area (Å²) in [6.45, 7) is 9.93. The molecule has 37 heavy (non-hydrogen) atoms. The van der Waals surface area contributed by atoms with Crippen LogP contribution in [0.3, 0.4) is 0 Å². The topological polar surface area (TPSA) is 163 Å². The van der Waals surface area contributed by atoms with Crippen LogP contribution in [0.5, 0.6) is 0 Å². The summed E-state index contributed by atoms with van der Waals surface area (Å²) >= 11 is 0. The first-order valence-electron chi connectivity index (χ1n) is 12.3. The van der Waals surface area contributed by atoms with Gasteiger partial charge in [-0.05, 0) is 43.6 Å². The van der Waals surface area contributed by atoms with Crippen LogP contribution in [-0.2, 0) is 42.9 Å². The second-order valence-corrected chi connectivity index (χ2v) is 11.1. The van der Waals surface area contributed by atoms with E-state index in [-0.39, 0.29) is 12.0 Å². The van der Waals surface area contributed by atoms with Gasteiger partial charge in [-0.2, -0.15) is 0 Å². The molecule has 0 bridgehead atoms. The number of carbonyl (C=O) groups is 5. The molecule has 8 unspecified atom stereocenters. The van der Waals surface area contributed by atoms with E-state index in [0.29, 0.717) is 12.8 Å². The van der Waals surface area contributed by atoms with E-state index < -0.39 is 82.5 Å². The summed E-state index contributed by atoms with van der Waals surface area (Å²) in [4.78, 5) is 62.5. The fraction of sp³-hybridized carbons (Fsp3) is 0.731. The Morgan fingerprint density at radius 2 is 1.57 bits per heavy atom. The third-order valence-corrected chi connectivity index (χ3v) is 8.47. The van der Waals surface area contributed by atoms with E-state index in [1.807, 2.05) is 0 Å². The Morgan fingerprint density at radius 1 is 1.00 bits per heavy atom. The van der Waals surface area contributed by atoms with Crippen molar-refractivity contribution >= 4 is 29.7 Å². The summed E-state index contributed by atoms with van der Waals surface area (Å²) in [7, 11) is 0. The molecule has 1 heterocycles. The number of Topliss-reactive ketones (excluding diaryl/α,β-unsaturated/α-hetero) is 1. The van der Waals surface area contributed by atoms with Gasteiger partial charge in [0.2, 0.25) is 6.29 Å². The summed E-state index contributed by atoms with van der Waals surface area (Å²) in [6, 6.07) is 0. The normalized spacial score (nSPS) is 38.5. The first-order chi connectivity index (χ1) is 17.0. The van der Waals surface area contributed by atoms with E-state index in [1.165, 1.54) is 19.9 Å². The fourth-order valence-corrected chi connectivity index (χ4v) is 6.94. The van der Waals surface area contributed by atoms with Gasteiger partial charge in [-0.15, -0.1) is 0 Å². The molecule has 0 saturated heterocycles. The number of esters is 4. The van der Waals surface area contributed by atoms with Gasteiger partial charge in [0.25, 0.3) is 0 Å². The Labute approximate surface area is 215 Å². The Morgan fingerprint density at radius 3 is 2.03 bits per heavy atom. The molecule has 2 aliphatic carbocycles. The van der Waals surface area contributed by atoms with Gasteiger partial charge >= 0.3 is 23.9 Å². The first kappa shape index (κ1) is 28.8. The summed E-state index contributed by atoms with van der Waals surface area (Å²) in [5.74, 6) is -5.53. The predicted octanol–water partition coefficient (Wildman–Crippen LogP) is 1.37. The smallest absolute Gasteiger partial charge is 0.336 e. The number of hydrogen-bond donors (Lipinski definition) is 2. The third-order valence-electron chi connectivity index (χ3n) is 8.47. The number of carbonyl (C=O) groups excluding carboxylic acids is 5. The van der Waals surface area contributed by atoms with Gasteiger partial charge in [0.15, 0.2) is 12.2 Å². The Hall–Kier alpha value is -2.79. The number of ketones is 1. The van der Waals surface area contributed by atoms with Gasteiger partial charge in [-0.25, -0.2) is 4.79 Å². The van der Waals surface area contributed by atoms with E-state index in [2.05, 4.69) is 0 Å². The van der Waals surface area contributed by atoms with Crippen LogP contribution in [0.25, 0.3) is 0 Å². The molecule has 2 N–H and O–H groups in total. The number of ether oxygens (including phenoxy) is 4. The highest BCUT2D eigenvalue weighted by atomic mass is 16.6. The van der Waals surface area contributed by atoms with Gasteiger partial charge in [-0.1, -0.05) is 20.8 Å². The average molecular weight is 525 g/mol. The molecule has 3 rings (SSSR count). The lowest BCUT2D eigenvalue weighted by Crippen LogP contribution is -2.80. The molecule has 0 spiro atoms. The summed E-state index contributed by atoms with van der Waals surface area (Å²) in [5, 5.41) is 22.6. The van der Waals surface area contributed by atoms with Crippen LogP contribution < -0.4 is 0 Å². The molecule has 0 radical (unpaired) electrons. The van der Waals surface area contributed by atoms with Crippen LogP contribution >= 0.6 is 0 Å². The van der Waals surface area contributed by atoms with E-state index in [0.717, 1.165) is 13.8 Å². The van der Waals surface area contributed by atoms with Crippen LogP contribution in [0.1, 0.15) is 67.7 Å². The fourth-order valence-electron chi connectivity index (χ4n) is 6.94. The van der Waals surface area contributed by atoms with Gasteiger partial charge in [0.05, 0.1) is 5.92 Å². The molecule has 1 aliphatic heterocycles. The Balaban J connectivity index is 2.37. The van der Waals surface area contributed by atoms with Crippen molar-refractivity contribution in [3.05, 3.63) is 11.6 Å². The maximum absolute atomic E-state index is 13.3. The Bertz CT molecular complexity index is 1030. The van der Waals surface area contributed by atoms with Crippen molar-refractivity contribution in [2.75, 3.05) is 0 Å². The van der Waals surface area contributed by atoms with Gasteiger partial charge in [-0.3, -0.25) is 19.2 Å². The van der Waals surface area contributed by atoms with Crippen molar-refractivity contribution in [1.82, 2.24) is 0 Å². The van der Waals surface area contributed by atoms with Crippen LogP contribution in [0.4, 0.5) is 0 Å². The Kier molecular flexibility index (Phi) is 7.64. The molecule has 8 atom stereocenters. The minimum Gasteiger partial charge on any atom is -0.462 e. The van der Waals surface area contributed by atoms with Crippen molar-refractivity contribution < 1.29 is 53.1 Å². The van der Waals surface area contributed by atoms with Crippen LogP contribution in [0.15, 0.2) is 11.6 Å². The number of aliphatic hydroxyl groups is 2. The molecule has 0 aromatic rings. The number of rotatable bonds is 6. The second-order valence-electron chi connectivity index (χ2n) is 11.1. The van der Waals surface area contributed by atoms with Crippen LogP contribution in [0.2, 0.25) is 0 Å². The zero-order valence-electron chi connectivity index (χ0n) is 22.2. The molecule has 0 aromatic carbocycles. The largest absolute Gasteiger partial charge is 0.462 e. The van der Waals surface area contributed by atoms with Crippen LogP contribution in [0, 0.1) is 22.7 Å². The highest BCUT2D eigenvalue weighted by molar-refractivity contribution is 5.91. The molecule has 0 amide bonds. The number of hydrogen-bond acceptors (Lipinski definition) is 11. The first-order valence-corrected chi connectivity index (χ1v) is 12.3. The monoisotopic (exact) mass is 524 g/mol. The minimum atomic E-state index is -2.00. The molecule has 11 nitrogen and oxygen atoms in total. The summed E-state index contributed by atoms with van der Waals surface area (Å²) < 4.78 is 21.8. The predicted molar refractivity (Wildman–Crippen MR) is 125 cm³/mol. The molecule has 2 saturated carbocycles. The van der Waals surface area contributed by atoms with Crippen molar-refractivity contribution in [2.24, 2.45) is 22.7 Å². The molecule has 0 aromatic heterocycles. The van der Waals surface area contributed by atoms with E-state index >= 15 is 0 Å². The molecular weight excluding hydrogens is 488 g/mol. The molecular formula is C26H36O11. The van der Waals surface area contributed by atoms with Crippen molar-refractivity contribution in [3.63, 3.8) is 0 Å². The average Bonchev–Trinajstić information content (AvgIpc) is 3.06. The number of aliphatic hydroxyl groups excluding tert-OH is 1. The molecule has 3 aliphatic rings. The van der Waals surface area contributed by atoms with Crippen molar-refractivity contribution in [2.45, 2.75) is 97.9 Å². The van der Waals surface area contributed by atoms with Crippen molar-refractivity contribution in [1.29, 1.82) is 0 Å². The molecule has 2 fully saturated rings. The van der Waals surface area contributed by atoms with E-state index in [4.69, 9.17) is 18.9 Å². The quantitative estimate of drug-likeness (QED) is 0.381. The standard InChI is InChI=1S/C26H36O11/c1-12(27)20-17(10-16-11-19(31)37-23(16)32)25(7)18(34-13(2)28)8-9-24(5,6)26(25,33)22(36-15(4)30)21(20)35-14(3)29/h11,17-22,31,33H,8-10H2,1-7H3. The third kappa shape index (κ3) is 4.67. The highest BCUT2D eigenvalue weighted by Gasteiger charge is 2.76. The zero-order valence-corrected chi connectivity index (χ0v) is 22.2. The van der Waals surface area contributed by atoms with E-state index in [9.17, 15) is 34.2 Å². The van der Waals surface area contributed by atoms with Gasteiger partial charge < -0.3 is 29.2 Å². The minimum absolute atomic E-state index is 0.0600. The number of fused-ring (bicyclic) bond motifs is 1. The maximum atomic E-state index is 13.3. The SMILES string of the molecule is CC(=O)OC1C(C(C)=O)C(CC2=CC(O)OC2=O)C2(C)C(OC(C)=O)CCC(C)(C)C2(O)C1OC(C)=O.